The molecule has 144 valence electrons. The molecule has 2 saturated heterocycles. The highest BCUT2D eigenvalue weighted by Gasteiger charge is 2.69. The van der Waals surface area contributed by atoms with Gasteiger partial charge < -0.3 is 20.1 Å². The summed E-state index contributed by atoms with van der Waals surface area (Å²) in [5.41, 5.74) is -0.0176. The van der Waals surface area contributed by atoms with Crippen molar-refractivity contribution in [2.24, 2.45) is 29.1 Å². The molecule has 2 saturated carbocycles. The van der Waals surface area contributed by atoms with Gasteiger partial charge in [0.1, 0.15) is 12.1 Å². The maximum absolute atomic E-state index is 13.2. The first kappa shape index (κ1) is 17.8. The number of ether oxygens (including phenoxy) is 1. The van der Waals surface area contributed by atoms with E-state index in [0.29, 0.717) is 38.5 Å². The second kappa shape index (κ2) is 6.22. The third-order valence-corrected chi connectivity index (χ3v) is 6.93. The van der Waals surface area contributed by atoms with Gasteiger partial charge in [0, 0.05) is 19.1 Å². The first-order valence-electron chi connectivity index (χ1n) is 9.72. The summed E-state index contributed by atoms with van der Waals surface area (Å²) in [4.78, 5) is 39.0. The topological polar surface area (TPSA) is 95.9 Å². The first-order valence-corrected chi connectivity index (χ1v) is 9.72. The van der Waals surface area contributed by atoms with Gasteiger partial charge in [-0.1, -0.05) is 26.7 Å². The predicted octanol–water partition coefficient (Wildman–Crippen LogP) is 0.875. The summed E-state index contributed by atoms with van der Waals surface area (Å²) in [6.45, 7) is 5.60. The summed E-state index contributed by atoms with van der Waals surface area (Å²) < 4.78 is 5.27. The number of carboxylic acids is 1. The number of rotatable bonds is 6. The second-order valence-corrected chi connectivity index (χ2v) is 9.03. The van der Waals surface area contributed by atoms with Gasteiger partial charge in [0.25, 0.3) is 0 Å². The normalized spacial score (nSPS) is 35.7. The molecule has 26 heavy (non-hydrogen) atoms. The molecule has 2 heterocycles. The molecule has 3 unspecified atom stereocenters. The van der Waals surface area contributed by atoms with E-state index < -0.39 is 18.1 Å². The van der Waals surface area contributed by atoms with E-state index in [1.54, 1.807) is 0 Å². The predicted molar refractivity (Wildman–Crippen MR) is 92.1 cm³/mol. The molecule has 0 bridgehead atoms. The molecule has 2 aliphatic carbocycles. The maximum Gasteiger partial charge on any atom is 0.326 e. The monoisotopic (exact) mass is 364 g/mol. The van der Waals surface area contributed by atoms with Gasteiger partial charge in [0.05, 0.1) is 12.5 Å². The van der Waals surface area contributed by atoms with Gasteiger partial charge in [-0.05, 0) is 30.1 Å². The number of hydrogen-bond donors (Lipinski definition) is 2. The van der Waals surface area contributed by atoms with Crippen LogP contribution in [0.15, 0.2) is 0 Å². The van der Waals surface area contributed by atoms with Gasteiger partial charge in [-0.15, -0.1) is 0 Å². The Labute approximate surface area is 153 Å². The number of carbonyl (C=O) groups is 3. The van der Waals surface area contributed by atoms with E-state index in [0.717, 1.165) is 12.8 Å². The molecule has 0 spiro atoms. The summed E-state index contributed by atoms with van der Waals surface area (Å²) in [7, 11) is 0. The highest BCUT2D eigenvalue weighted by Crippen LogP contribution is 2.64. The lowest BCUT2D eigenvalue weighted by Gasteiger charge is -2.32. The van der Waals surface area contributed by atoms with Gasteiger partial charge in [-0.3, -0.25) is 9.59 Å². The fourth-order valence-corrected chi connectivity index (χ4v) is 4.93. The standard InChI is InChI=1S/C19H28N2O5/c1-19(2)12-8-21(15(14(12)19)18(24)25)17(23)13(7-10-3-4-10)20-16(22)11-5-6-26-9-11/h10-15H,3-9H2,1-2H3,(H,20,22)(H,24,25)/t11-,12?,13-,14?,15?/m0/s1. The van der Waals surface area contributed by atoms with Crippen LogP contribution in [0.3, 0.4) is 0 Å². The van der Waals surface area contributed by atoms with Crippen LogP contribution in [-0.4, -0.2) is 59.6 Å². The molecule has 0 aromatic carbocycles. The molecule has 4 aliphatic rings. The number of nitrogens with zero attached hydrogens (tertiary/aromatic N) is 1. The molecule has 2 N–H and O–H groups in total. The Bertz CT molecular complexity index is 623. The highest BCUT2D eigenvalue weighted by atomic mass is 16.5. The van der Waals surface area contributed by atoms with E-state index in [-0.39, 0.29) is 35.0 Å². The van der Waals surface area contributed by atoms with Crippen LogP contribution in [0.25, 0.3) is 0 Å². The van der Waals surface area contributed by atoms with Crippen molar-refractivity contribution in [1.82, 2.24) is 10.2 Å². The Morgan fingerprint density at radius 2 is 2.00 bits per heavy atom. The number of nitrogens with one attached hydrogen (secondary N) is 1. The van der Waals surface area contributed by atoms with Crippen molar-refractivity contribution in [2.75, 3.05) is 19.8 Å². The van der Waals surface area contributed by atoms with Crippen molar-refractivity contribution < 1.29 is 24.2 Å². The van der Waals surface area contributed by atoms with Gasteiger partial charge in [-0.25, -0.2) is 4.79 Å². The summed E-state index contributed by atoms with van der Waals surface area (Å²) in [6.07, 6.45) is 3.44. The number of carbonyl (C=O) groups excluding carboxylic acids is 2. The molecule has 2 aliphatic heterocycles. The Morgan fingerprint density at radius 1 is 1.27 bits per heavy atom. The van der Waals surface area contributed by atoms with Gasteiger partial charge in [-0.2, -0.15) is 0 Å². The minimum Gasteiger partial charge on any atom is -0.480 e. The minimum atomic E-state index is -0.933. The van der Waals surface area contributed by atoms with Gasteiger partial charge in [0.15, 0.2) is 0 Å². The second-order valence-electron chi connectivity index (χ2n) is 9.03. The van der Waals surface area contributed by atoms with Crippen molar-refractivity contribution in [3.05, 3.63) is 0 Å². The largest absolute Gasteiger partial charge is 0.480 e. The molecule has 4 fully saturated rings. The lowest BCUT2D eigenvalue weighted by molar-refractivity contribution is -0.151. The van der Waals surface area contributed by atoms with Crippen molar-refractivity contribution in [3.63, 3.8) is 0 Å². The third kappa shape index (κ3) is 3.00. The van der Waals surface area contributed by atoms with Crippen LogP contribution in [0.2, 0.25) is 0 Å². The van der Waals surface area contributed by atoms with Crippen molar-refractivity contribution in [2.45, 2.75) is 51.6 Å². The molecule has 2 amide bonds. The number of aliphatic carboxylic acids is 1. The smallest absolute Gasteiger partial charge is 0.326 e. The van der Waals surface area contributed by atoms with Crippen molar-refractivity contribution in [1.29, 1.82) is 0 Å². The van der Waals surface area contributed by atoms with Crippen LogP contribution in [-0.2, 0) is 19.1 Å². The minimum absolute atomic E-state index is 0.0176. The molecule has 0 aromatic heterocycles. The Morgan fingerprint density at radius 3 is 2.58 bits per heavy atom. The maximum atomic E-state index is 13.2. The molecule has 4 rings (SSSR count). The molecule has 7 heteroatoms. The Hall–Kier alpha value is -1.63. The molecule has 0 aromatic rings. The van der Waals surface area contributed by atoms with Crippen LogP contribution in [0, 0.1) is 29.1 Å². The van der Waals surface area contributed by atoms with Crippen LogP contribution in [0.1, 0.15) is 39.5 Å². The van der Waals surface area contributed by atoms with Gasteiger partial charge in [0.2, 0.25) is 11.8 Å². The fourth-order valence-electron chi connectivity index (χ4n) is 4.93. The number of hydrogen-bond acceptors (Lipinski definition) is 4. The average Bonchev–Trinajstić information content (AvgIpc) is 3.28. The molecule has 0 radical (unpaired) electrons. The zero-order chi connectivity index (χ0) is 18.6. The van der Waals surface area contributed by atoms with Crippen LogP contribution < -0.4 is 5.32 Å². The van der Waals surface area contributed by atoms with E-state index in [1.165, 1.54) is 4.90 Å². The summed E-state index contributed by atoms with van der Waals surface area (Å²) >= 11 is 0. The van der Waals surface area contributed by atoms with E-state index in [2.05, 4.69) is 19.2 Å². The number of likely N-dealkylation sites (tertiary alicyclic amines) is 1. The lowest BCUT2D eigenvalue weighted by Crippen LogP contribution is -2.54. The number of fused-ring (bicyclic) bond motifs is 1. The van der Waals surface area contributed by atoms with E-state index in [1.807, 2.05) is 0 Å². The molecule has 5 atom stereocenters. The lowest BCUT2D eigenvalue weighted by atomic mass is 9.99. The number of piperidine rings is 1. The summed E-state index contributed by atoms with van der Waals surface area (Å²) in [5, 5.41) is 12.6. The van der Waals surface area contributed by atoms with E-state index >= 15 is 0 Å². The zero-order valence-corrected chi connectivity index (χ0v) is 15.4. The number of carboxylic acid groups (broad SMARTS) is 1. The zero-order valence-electron chi connectivity index (χ0n) is 15.4. The summed E-state index contributed by atoms with van der Waals surface area (Å²) in [5.74, 6) is -0.779. The highest BCUT2D eigenvalue weighted by molar-refractivity contribution is 5.92. The third-order valence-electron chi connectivity index (χ3n) is 6.93. The average molecular weight is 364 g/mol. The Balaban J connectivity index is 1.47. The molecular weight excluding hydrogens is 336 g/mol. The SMILES string of the molecule is CC1(C)C2CN(C(=O)[C@H](CC3CC3)NC(=O)[C@H]3CCOC3)C(C(=O)O)C21. The fraction of sp³-hybridized carbons (Fsp3) is 0.842. The van der Waals surface area contributed by atoms with Gasteiger partial charge >= 0.3 is 5.97 Å². The quantitative estimate of drug-likeness (QED) is 0.729. The first-order chi connectivity index (χ1) is 12.3. The van der Waals surface area contributed by atoms with Crippen LogP contribution in [0.4, 0.5) is 0 Å². The van der Waals surface area contributed by atoms with Crippen molar-refractivity contribution >= 4 is 17.8 Å². The van der Waals surface area contributed by atoms with Crippen LogP contribution in [0.5, 0.6) is 0 Å². The van der Waals surface area contributed by atoms with E-state index in [9.17, 15) is 19.5 Å². The number of amides is 2. The van der Waals surface area contributed by atoms with Crippen molar-refractivity contribution in [3.8, 4) is 0 Å². The van der Waals surface area contributed by atoms with E-state index in [4.69, 9.17) is 4.74 Å². The van der Waals surface area contributed by atoms with Crippen LogP contribution >= 0.6 is 0 Å². The summed E-state index contributed by atoms with van der Waals surface area (Å²) in [6, 6.07) is -1.38. The Kier molecular flexibility index (Phi) is 4.25. The molecular formula is C19H28N2O5. The molecule has 7 nitrogen and oxygen atoms in total.